The highest BCUT2D eigenvalue weighted by Crippen LogP contribution is 2.40. The molecule has 0 spiro atoms. The lowest BCUT2D eigenvalue weighted by atomic mass is 10.0. The monoisotopic (exact) mass is 341 g/mol. The minimum atomic E-state index is -1.08. The largest absolute Gasteiger partial charge is 0.478 e. The SMILES string of the molecule is Cc1ccc(-c2c(C)sc(NC(=O)c3ccco3)c2C(=O)O)cc1. The van der Waals surface area contributed by atoms with Gasteiger partial charge >= 0.3 is 5.97 Å². The van der Waals surface area contributed by atoms with Gasteiger partial charge in [0.2, 0.25) is 0 Å². The summed E-state index contributed by atoms with van der Waals surface area (Å²) < 4.78 is 5.05. The summed E-state index contributed by atoms with van der Waals surface area (Å²) in [4.78, 5) is 24.8. The Bertz CT molecular complexity index is 892. The Morgan fingerprint density at radius 3 is 2.42 bits per heavy atom. The van der Waals surface area contributed by atoms with Crippen LogP contribution in [0.5, 0.6) is 0 Å². The number of aromatic carboxylic acids is 1. The Morgan fingerprint density at radius 2 is 1.83 bits per heavy atom. The summed E-state index contributed by atoms with van der Waals surface area (Å²) >= 11 is 1.24. The number of carboxylic acid groups (broad SMARTS) is 1. The van der Waals surface area contributed by atoms with Gasteiger partial charge in [-0.25, -0.2) is 4.79 Å². The minimum Gasteiger partial charge on any atom is -0.478 e. The van der Waals surface area contributed by atoms with Crippen molar-refractivity contribution in [2.45, 2.75) is 13.8 Å². The number of nitrogens with one attached hydrogen (secondary N) is 1. The number of carboxylic acids is 1. The molecule has 122 valence electrons. The molecule has 0 atom stereocenters. The van der Waals surface area contributed by atoms with Crippen molar-refractivity contribution in [1.29, 1.82) is 0 Å². The lowest BCUT2D eigenvalue weighted by molar-refractivity contribution is 0.0699. The number of thiophene rings is 1. The van der Waals surface area contributed by atoms with Crippen LogP contribution < -0.4 is 5.32 Å². The van der Waals surface area contributed by atoms with E-state index in [9.17, 15) is 14.7 Å². The third-order valence-electron chi connectivity index (χ3n) is 3.61. The maximum atomic E-state index is 12.2. The van der Waals surface area contributed by atoms with Gasteiger partial charge in [-0.2, -0.15) is 0 Å². The van der Waals surface area contributed by atoms with E-state index in [4.69, 9.17) is 4.42 Å². The van der Waals surface area contributed by atoms with Crippen LogP contribution in [0.4, 0.5) is 5.00 Å². The molecule has 0 bridgehead atoms. The lowest BCUT2D eigenvalue weighted by Crippen LogP contribution is -2.12. The Balaban J connectivity index is 2.05. The number of hydrogen-bond acceptors (Lipinski definition) is 4. The molecule has 0 saturated carbocycles. The standard InChI is InChI=1S/C18H15NO4S/c1-10-5-7-12(8-6-10)14-11(2)24-17(15(14)18(21)22)19-16(20)13-4-3-9-23-13/h3-9H,1-2H3,(H,19,20)(H,21,22). The van der Waals surface area contributed by atoms with Crippen LogP contribution in [0.2, 0.25) is 0 Å². The topological polar surface area (TPSA) is 79.5 Å². The fourth-order valence-electron chi connectivity index (χ4n) is 2.48. The molecule has 0 aliphatic rings. The van der Waals surface area contributed by atoms with Crippen molar-refractivity contribution in [2.75, 3.05) is 5.32 Å². The van der Waals surface area contributed by atoms with Gasteiger partial charge in [-0.3, -0.25) is 4.79 Å². The van der Waals surface area contributed by atoms with Crippen LogP contribution >= 0.6 is 11.3 Å². The van der Waals surface area contributed by atoms with E-state index in [0.29, 0.717) is 10.6 Å². The summed E-state index contributed by atoms with van der Waals surface area (Å²) in [6, 6.07) is 10.8. The zero-order valence-corrected chi connectivity index (χ0v) is 13.9. The third kappa shape index (κ3) is 2.96. The number of benzene rings is 1. The lowest BCUT2D eigenvalue weighted by Gasteiger charge is -2.06. The molecule has 0 saturated heterocycles. The zero-order chi connectivity index (χ0) is 17.3. The molecular formula is C18H15NO4S. The Hall–Kier alpha value is -2.86. The predicted molar refractivity (Wildman–Crippen MR) is 92.8 cm³/mol. The van der Waals surface area contributed by atoms with Crippen LogP contribution in [0.1, 0.15) is 31.4 Å². The highest BCUT2D eigenvalue weighted by molar-refractivity contribution is 7.17. The summed E-state index contributed by atoms with van der Waals surface area (Å²) in [5.74, 6) is -1.42. The van der Waals surface area contributed by atoms with Gasteiger partial charge in [-0.15, -0.1) is 11.3 Å². The fraction of sp³-hybridized carbons (Fsp3) is 0.111. The Labute approximate surface area is 142 Å². The predicted octanol–water partition coefficient (Wildman–Crippen LogP) is 4.58. The van der Waals surface area contributed by atoms with Crippen LogP contribution in [0.15, 0.2) is 47.1 Å². The molecule has 1 aromatic carbocycles. The second kappa shape index (κ2) is 6.33. The van der Waals surface area contributed by atoms with Gasteiger partial charge in [0, 0.05) is 10.4 Å². The smallest absolute Gasteiger partial charge is 0.339 e. The van der Waals surface area contributed by atoms with Crippen molar-refractivity contribution in [3.8, 4) is 11.1 Å². The first-order chi connectivity index (χ1) is 11.5. The maximum Gasteiger partial charge on any atom is 0.339 e. The molecule has 3 rings (SSSR count). The molecule has 1 amide bonds. The summed E-state index contributed by atoms with van der Waals surface area (Å²) in [5, 5.41) is 12.6. The third-order valence-corrected chi connectivity index (χ3v) is 4.63. The Morgan fingerprint density at radius 1 is 1.12 bits per heavy atom. The molecule has 0 radical (unpaired) electrons. The Kier molecular flexibility index (Phi) is 4.22. The van der Waals surface area contributed by atoms with Gasteiger partial charge in [0.1, 0.15) is 10.6 Å². The van der Waals surface area contributed by atoms with Crippen molar-refractivity contribution < 1.29 is 19.1 Å². The highest BCUT2D eigenvalue weighted by atomic mass is 32.1. The maximum absolute atomic E-state index is 12.2. The molecule has 2 heterocycles. The van der Waals surface area contributed by atoms with Crippen LogP contribution in [0, 0.1) is 13.8 Å². The van der Waals surface area contributed by atoms with E-state index < -0.39 is 11.9 Å². The number of amides is 1. The molecule has 24 heavy (non-hydrogen) atoms. The quantitative estimate of drug-likeness (QED) is 0.728. The number of anilines is 1. The highest BCUT2D eigenvalue weighted by Gasteiger charge is 2.24. The normalized spacial score (nSPS) is 10.6. The molecule has 6 heteroatoms. The van der Waals surface area contributed by atoms with E-state index in [-0.39, 0.29) is 11.3 Å². The van der Waals surface area contributed by atoms with E-state index >= 15 is 0 Å². The van der Waals surface area contributed by atoms with E-state index in [2.05, 4.69) is 5.32 Å². The molecule has 0 fully saturated rings. The molecule has 0 unspecified atom stereocenters. The summed E-state index contributed by atoms with van der Waals surface area (Å²) in [6.45, 7) is 3.81. The van der Waals surface area contributed by atoms with Gasteiger partial charge < -0.3 is 14.8 Å². The summed E-state index contributed by atoms with van der Waals surface area (Å²) in [6.07, 6.45) is 1.39. The first-order valence-corrected chi connectivity index (χ1v) is 8.07. The van der Waals surface area contributed by atoms with Crippen LogP contribution in [0.25, 0.3) is 11.1 Å². The van der Waals surface area contributed by atoms with Crippen molar-refractivity contribution in [3.05, 3.63) is 64.4 Å². The number of furan rings is 1. The van der Waals surface area contributed by atoms with Crippen molar-refractivity contribution in [1.82, 2.24) is 0 Å². The number of hydrogen-bond donors (Lipinski definition) is 2. The second-order valence-corrected chi connectivity index (χ2v) is 6.56. The van der Waals surface area contributed by atoms with Gasteiger partial charge in [0.25, 0.3) is 5.91 Å². The van der Waals surface area contributed by atoms with Crippen molar-refractivity contribution in [2.24, 2.45) is 0 Å². The average molecular weight is 341 g/mol. The minimum absolute atomic E-state index is 0.0984. The molecule has 2 aromatic heterocycles. The van der Waals surface area contributed by atoms with E-state index in [0.717, 1.165) is 16.0 Å². The van der Waals surface area contributed by atoms with Gasteiger partial charge in [0.05, 0.1) is 6.26 Å². The van der Waals surface area contributed by atoms with Crippen molar-refractivity contribution >= 4 is 28.2 Å². The second-order valence-electron chi connectivity index (χ2n) is 5.34. The molecule has 5 nitrogen and oxygen atoms in total. The average Bonchev–Trinajstić information content (AvgIpc) is 3.16. The van der Waals surface area contributed by atoms with Crippen LogP contribution in [-0.2, 0) is 0 Å². The van der Waals surface area contributed by atoms with Crippen LogP contribution in [-0.4, -0.2) is 17.0 Å². The molecule has 2 N–H and O–H groups in total. The van der Waals surface area contributed by atoms with Crippen LogP contribution in [0.3, 0.4) is 0 Å². The fourth-order valence-corrected chi connectivity index (χ4v) is 3.54. The van der Waals surface area contributed by atoms with Gasteiger partial charge in [-0.05, 0) is 31.5 Å². The number of carbonyl (C=O) groups excluding carboxylic acids is 1. The van der Waals surface area contributed by atoms with E-state index in [1.54, 1.807) is 6.07 Å². The molecule has 0 aliphatic heterocycles. The van der Waals surface area contributed by atoms with Crippen molar-refractivity contribution in [3.63, 3.8) is 0 Å². The number of carbonyl (C=O) groups is 2. The number of rotatable bonds is 4. The summed E-state index contributed by atoms with van der Waals surface area (Å²) in [7, 11) is 0. The molecular weight excluding hydrogens is 326 g/mol. The number of aryl methyl sites for hydroxylation is 2. The first-order valence-electron chi connectivity index (χ1n) is 7.26. The molecule has 0 aliphatic carbocycles. The molecule has 3 aromatic rings. The van der Waals surface area contributed by atoms with E-state index in [1.165, 1.54) is 23.7 Å². The van der Waals surface area contributed by atoms with E-state index in [1.807, 2.05) is 38.1 Å². The first kappa shape index (κ1) is 16.0. The zero-order valence-electron chi connectivity index (χ0n) is 13.1. The summed E-state index contributed by atoms with van der Waals surface area (Å²) in [5.41, 5.74) is 2.63. The van der Waals surface area contributed by atoms with Gasteiger partial charge in [-0.1, -0.05) is 29.8 Å². The van der Waals surface area contributed by atoms with Gasteiger partial charge in [0.15, 0.2) is 5.76 Å².